The number of sulfonamides is 1. The van der Waals surface area contributed by atoms with Gasteiger partial charge in [-0.25, -0.2) is 13.6 Å². The Labute approximate surface area is 204 Å². The second-order valence-corrected chi connectivity index (χ2v) is 9.80. The van der Waals surface area contributed by atoms with Gasteiger partial charge in [0.2, 0.25) is 10.0 Å². The van der Waals surface area contributed by atoms with Crippen molar-refractivity contribution in [2.75, 3.05) is 11.4 Å². The number of nitrogens with zero attached hydrogens (tertiary/aromatic N) is 3. The average Bonchev–Trinajstić information content (AvgIpc) is 2.89. The van der Waals surface area contributed by atoms with Crippen molar-refractivity contribution in [2.24, 2.45) is 5.14 Å². The van der Waals surface area contributed by atoms with Gasteiger partial charge in [-0.15, -0.1) is 0 Å². The van der Waals surface area contributed by atoms with E-state index in [0.717, 1.165) is 40.7 Å². The van der Waals surface area contributed by atoms with E-state index >= 15 is 0 Å². The van der Waals surface area contributed by atoms with Crippen LogP contribution in [0, 0.1) is 0 Å². The lowest BCUT2D eigenvalue weighted by Gasteiger charge is -2.27. The number of hydrogen-bond acceptors (Lipinski definition) is 5. The van der Waals surface area contributed by atoms with Crippen LogP contribution < -0.4 is 10.0 Å². The molecule has 2 aromatic heterocycles. The van der Waals surface area contributed by atoms with Crippen LogP contribution in [-0.4, -0.2) is 24.9 Å². The van der Waals surface area contributed by atoms with Gasteiger partial charge in [-0.05, 0) is 41.6 Å². The summed E-state index contributed by atoms with van der Waals surface area (Å²) in [5.41, 5.74) is 4.80. The fourth-order valence-corrected chi connectivity index (χ4v) is 4.75. The van der Waals surface area contributed by atoms with Crippen molar-refractivity contribution in [1.82, 2.24) is 9.97 Å². The Kier molecular flexibility index (Phi) is 6.27. The molecule has 6 nitrogen and oxygen atoms in total. The Morgan fingerprint density at radius 2 is 1.46 bits per heavy atom. The van der Waals surface area contributed by atoms with E-state index in [1.165, 1.54) is 17.8 Å². The molecule has 35 heavy (non-hydrogen) atoms. The molecule has 5 aromatic rings. The second kappa shape index (κ2) is 9.66. The van der Waals surface area contributed by atoms with Gasteiger partial charge in [-0.3, -0.25) is 9.97 Å². The molecular weight excluding hydrogens is 456 g/mol. The van der Waals surface area contributed by atoms with Crippen molar-refractivity contribution in [2.45, 2.75) is 11.3 Å². The highest BCUT2D eigenvalue weighted by Crippen LogP contribution is 2.36. The lowest BCUT2D eigenvalue weighted by atomic mass is 10.0. The first kappa shape index (κ1) is 22.7. The molecule has 174 valence electrons. The van der Waals surface area contributed by atoms with Gasteiger partial charge in [0, 0.05) is 53.5 Å². The fourth-order valence-electron chi connectivity index (χ4n) is 4.25. The topological polar surface area (TPSA) is 89.2 Å². The van der Waals surface area contributed by atoms with Crippen molar-refractivity contribution in [3.8, 4) is 11.1 Å². The van der Waals surface area contributed by atoms with Crippen molar-refractivity contribution >= 4 is 32.2 Å². The van der Waals surface area contributed by atoms with Crippen LogP contribution in [-0.2, 0) is 16.4 Å². The zero-order valence-corrected chi connectivity index (χ0v) is 19.8. The van der Waals surface area contributed by atoms with Crippen molar-refractivity contribution < 1.29 is 8.42 Å². The number of rotatable bonds is 7. The first-order chi connectivity index (χ1) is 17.0. The number of aromatic nitrogens is 2. The lowest BCUT2D eigenvalue weighted by Crippen LogP contribution is -2.20. The Bertz CT molecular complexity index is 1570. The van der Waals surface area contributed by atoms with Gasteiger partial charge in [0.15, 0.2) is 0 Å². The first-order valence-electron chi connectivity index (χ1n) is 11.2. The van der Waals surface area contributed by atoms with E-state index in [1.807, 2.05) is 42.6 Å². The number of pyridine rings is 2. The van der Waals surface area contributed by atoms with Crippen LogP contribution in [0.1, 0.15) is 5.56 Å². The molecule has 3 aromatic carbocycles. The van der Waals surface area contributed by atoms with Crippen LogP contribution in [0.4, 0.5) is 11.4 Å². The standard InChI is InChI=1S/C28H24N4O2S/c29-35(33,34)24-16-22(17-30-18-24)26-19-31-20-27-25(26)12-7-13-28(27)32(23-10-5-2-6-11-23)15-14-21-8-3-1-4-9-21/h1-13,16-20H,14-15H2,(H2,29,33,34). The molecule has 0 radical (unpaired) electrons. The maximum Gasteiger partial charge on any atom is 0.239 e. The SMILES string of the molecule is NS(=O)(=O)c1cncc(-c2cncc3c(N(CCc4ccccc4)c4ccccc4)cccc23)c1. The molecule has 0 fully saturated rings. The predicted molar refractivity (Wildman–Crippen MR) is 140 cm³/mol. The fraction of sp³-hybridized carbons (Fsp3) is 0.0714. The zero-order chi connectivity index (χ0) is 24.3. The predicted octanol–water partition coefficient (Wildman–Crippen LogP) is 5.33. The quantitative estimate of drug-likeness (QED) is 0.340. The molecule has 0 aliphatic rings. The number of hydrogen-bond donors (Lipinski definition) is 1. The lowest BCUT2D eigenvalue weighted by molar-refractivity contribution is 0.597. The Hall–Kier alpha value is -4.07. The van der Waals surface area contributed by atoms with E-state index in [9.17, 15) is 8.42 Å². The van der Waals surface area contributed by atoms with Crippen LogP contribution >= 0.6 is 0 Å². The van der Waals surface area contributed by atoms with Crippen LogP contribution in [0.15, 0.2) is 115 Å². The van der Waals surface area contributed by atoms with Gasteiger partial charge in [-0.1, -0.05) is 60.7 Å². The number of para-hydroxylation sites is 1. The molecule has 0 atom stereocenters. The molecule has 0 bridgehead atoms. The van der Waals surface area contributed by atoms with Crippen molar-refractivity contribution in [1.29, 1.82) is 0 Å². The number of nitrogens with two attached hydrogens (primary N) is 1. The summed E-state index contributed by atoms with van der Waals surface area (Å²) in [7, 11) is -3.87. The maximum absolute atomic E-state index is 11.9. The summed E-state index contributed by atoms with van der Waals surface area (Å²) in [6.07, 6.45) is 7.34. The second-order valence-electron chi connectivity index (χ2n) is 8.24. The van der Waals surface area contributed by atoms with Gasteiger partial charge >= 0.3 is 0 Å². The van der Waals surface area contributed by atoms with Crippen molar-refractivity contribution in [3.05, 3.63) is 115 Å². The van der Waals surface area contributed by atoms with Gasteiger partial charge in [0.25, 0.3) is 0 Å². The normalized spacial score (nSPS) is 11.5. The van der Waals surface area contributed by atoms with E-state index in [4.69, 9.17) is 5.14 Å². The first-order valence-corrected chi connectivity index (χ1v) is 12.8. The molecule has 2 heterocycles. The molecule has 0 unspecified atom stereocenters. The van der Waals surface area contributed by atoms with Crippen LogP contribution in [0.2, 0.25) is 0 Å². The summed E-state index contributed by atoms with van der Waals surface area (Å²) < 4.78 is 23.8. The summed E-state index contributed by atoms with van der Waals surface area (Å²) in [6.45, 7) is 0.778. The van der Waals surface area contributed by atoms with E-state index in [-0.39, 0.29) is 4.90 Å². The minimum Gasteiger partial charge on any atom is -0.341 e. The minimum absolute atomic E-state index is 0.0306. The van der Waals surface area contributed by atoms with E-state index in [2.05, 4.69) is 57.3 Å². The molecular formula is C28H24N4O2S. The van der Waals surface area contributed by atoms with E-state index in [0.29, 0.717) is 5.56 Å². The number of primary sulfonamides is 1. The summed E-state index contributed by atoms with van der Waals surface area (Å²) in [5, 5.41) is 7.25. The molecule has 0 aliphatic heterocycles. The molecule has 0 amide bonds. The molecule has 2 N–H and O–H groups in total. The number of fused-ring (bicyclic) bond motifs is 1. The smallest absolute Gasteiger partial charge is 0.239 e. The van der Waals surface area contributed by atoms with Gasteiger partial charge in [-0.2, -0.15) is 0 Å². The Morgan fingerprint density at radius 1 is 0.743 bits per heavy atom. The Balaban J connectivity index is 1.62. The van der Waals surface area contributed by atoms with Gasteiger partial charge < -0.3 is 4.90 Å². The Morgan fingerprint density at radius 3 is 2.20 bits per heavy atom. The van der Waals surface area contributed by atoms with Gasteiger partial charge in [0.05, 0.1) is 5.69 Å². The average molecular weight is 481 g/mol. The third-order valence-corrected chi connectivity index (χ3v) is 6.84. The molecule has 5 rings (SSSR count). The number of anilines is 2. The highest BCUT2D eigenvalue weighted by atomic mass is 32.2. The summed E-state index contributed by atoms with van der Waals surface area (Å²) in [5.74, 6) is 0. The zero-order valence-electron chi connectivity index (χ0n) is 19.0. The van der Waals surface area contributed by atoms with Gasteiger partial charge in [0.1, 0.15) is 4.90 Å². The highest BCUT2D eigenvalue weighted by molar-refractivity contribution is 7.89. The minimum atomic E-state index is -3.87. The van der Waals surface area contributed by atoms with Crippen LogP contribution in [0.3, 0.4) is 0 Å². The highest BCUT2D eigenvalue weighted by Gasteiger charge is 2.16. The van der Waals surface area contributed by atoms with Crippen LogP contribution in [0.25, 0.3) is 21.9 Å². The third-order valence-electron chi connectivity index (χ3n) is 5.96. The van der Waals surface area contributed by atoms with E-state index in [1.54, 1.807) is 12.4 Å². The molecule has 0 aliphatic carbocycles. The summed E-state index contributed by atoms with van der Waals surface area (Å²) in [4.78, 5) is 10.9. The number of benzene rings is 3. The molecule has 0 saturated heterocycles. The monoisotopic (exact) mass is 480 g/mol. The molecule has 0 spiro atoms. The molecule has 0 saturated carbocycles. The summed E-state index contributed by atoms with van der Waals surface area (Å²) in [6, 6.07) is 28.3. The van der Waals surface area contributed by atoms with E-state index < -0.39 is 10.0 Å². The largest absolute Gasteiger partial charge is 0.341 e. The van der Waals surface area contributed by atoms with Crippen molar-refractivity contribution in [3.63, 3.8) is 0 Å². The maximum atomic E-state index is 11.9. The summed E-state index contributed by atoms with van der Waals surface area (Å²) >= 11 is 0. The van der Waals surface area contributed by atoms with Crippen LogP contribution in [0.5, 0.6) is 0 Å². The molecule has 7 heteroatoms. The third kappa shape index (κ3) is 4.91.